The molecule has 3 N–H and O–H groups in total. The normalized spacial score (nSPS) is 18.4. The summed E-state index contributed by atoms with van der Waals surface area (Å²) in [6, 6.07) is -1.96. The SMILES string of the molecule is CCC(Nc1cc(C(F)F)c(-c2sc(C(=O)NC(C)C(C)O)nc2C(=O)N2CCC[C@@H]2C)cn1)C(F)(F)F. The van der Waals surface area contributed by atoms with Crippen molar-refractivity contribution < 1.29 is 36.6 Å². The van der Waals surface area contributed by atoms with Crippen molar-refractivity contribution in [3.63, 3.8) is 0 Å². The molecule has 2 aromatic heterocycles. The molecular formula is C24H30F5N5O3S. The Kier molecular flexibility index (Phi) is 9.29. The number of hydrogen-bond acceptors (Lipinski definition) is 7. The van der Waals surface area contributed by atoms with Gasteiger partial charge in [-0.05, 0) is 46.1 Å². The standard InChI is InChI=1S/C24H30F5N5O3S/c1-5-16(24(27,28)29)32-17-9-14(20(25)26)15(10-30-17)19-18(23(37)34-8-6-7-11(34)2)33-22(38-19)21(36)31-12(3)13(4)35/h9-13,16,20,35H,5-8H2,1-4H3,(H,30,32)(H,31,36)/t11-,12?,13?,16?/m0/s1. The van der Waals surface area contributed by atoms with E-state index < -0.39 is 54.0 Å². The minimum Gasteiger partial charge on any atom is -0.391 e. The average Bonchev–Trinajstić information content (AvgIpc) is 3.47. The number of alkyl halides is 5. The molecule has 0 spiro atoms. The number of likely N-dealkylation sites (tertiary alicyclic amines) is 1. The van der Waals surface area contributed by atoms with Crippen molar-refractivity contribution in [1.29, 1.82) is 0 Å². The second-order valence-electron chi connectivity index (χ2n) is 9.29. The lowest BCUT2D eigenvalue weighted by molar-refractivity contribution is -0.142. The zero-order valence-electron chi connectivity index (χ0n) is 21.3. The van der Waals surface area contributed by atoms with Crippen molar-refractivity contribution in [1.82, 2.24) is 20.2 Å². The highest BCUT2D eigenvalue weighted by molar-refractivity contribution is 7.17. The van der Waals surface area contributed by atoms with Gasteiger partial charge < -0.3 is 20.6 Å². The van der Waals surface area contributed by atoms with Crippen molar-refractivity contribution in [2.75, 3.05) is 11.9 Å². The fourth-order valence-electron chi connectivity index (χ4n) is 4.02. The summed E-state index contributed by atoms with van der Waals surface area (Å²) in [5.41, 5.74) is -1.08. The summed E-state index contributed by atoms with van der Waals surface area (Å²) in [5, 5.41) is 14.2. The van der Waals surface area contributed by atoms with Gasteiger partial charge in [0.25, 0.3) is 18.2 Å². The van der Waals surface area contributed by atoms with Gasteiger partial charge in [0, 0.05) is 29.9 Å². The van der Waals surface area contributed by atoms with E-state index in [1.165, 1.54) is 13.8 Å². The lowest BCUT2D eigenvalue weighted by Crippen LogP contribution is -2.39. The number of anilines is 1. The molecule has 3 rings (SSSR count). The van der Waals surface area contributed by atoms with E-state index in [9.17, 15) is 36.6 Å². The number of aliphatic hydroxyl groups excluding tert-OH is 1. The van der Waals surface area contributed by atoms with Gasteiger partial charge in [0.2, 0.25) is 0 Å². The van der Waals surface area contributed by atoms with Gasteiger partial charge in [-0.1, -0.05) is 6.92 Å². The molecule has 1 fully saturated rings. The first-order valence-corrected chi connectivity index (χ1v) is 13.0. The van der Waals surface area contributed by atoms with Crippen LogP contribution in [0.5, 0.6) is 0 Å². The maximum absolute atomic E-state index is 14.2. The number of carbonyl (C=O) groups is 2. The van der Waals surface area contributed by atoms with Crippen molar-refractivity contribution in [3.8, 4) is 10.4 Å². The Morgan fingerprint density at radius 3 is 2.50 bits per heavy atom. The molecule has 1 aliphatic heterocycles. The summed E-state index contributed by atoms with van der Waals surface area (Å²) in [7, 11) is 0. The molecule has 0 aromatic carbocycles. The second-order valence-corrected chi connectivity index (χ2v) is 10.3. The van der Waals surface area contributed by atoms with Crippen LogP contribution in [0.4, 0.5) is 27.8 Å². The van der Waals surface area contributed by atoms with E-state index >= 15 is 0 Å². The van der Waals surface area contributed by atoms with Gasteiger partial charge in [0.1, 0.15) is 17.6 Å². The summed E-state index contributed by atoms with van der Waals surface area (Å²) < 4.78 is 68.0. The third-order valence-electron chi connectivity index (χ3n) is 6.46. The zero-order valence-corrected chi connectivity index (χ0v) is 22.1. The van der Waals surface area contributed by atoms with Gasteiger partial charge in [0.05, 0.1) is 17.0 Å². The molecule has 2 amide bonds. The van der Waals surface area contributed by atoms with Crippen molar-refractivity contribution in [2.24, 2.45) is 0 Å². The second kappa shape index (κ2) is 11.9. The number of carbonyl (C=O) groups excluding carboxylic acids is 2. The highest BCUT2D eigenvalue weighted by Gasteiger charge is 2.39. The summed E-state index contributed by atoms with van der Waals surface area (Å²) >= 11 is 0.697. The van der Waals surface area contributed by atoms with E-state index in [-0.39, 0.29) is 33.6 Å². The van der Waals surface area contributed by atoms with E-state index in [0.29, 0.717) is 17.9 Å². The molecule has 3 heterocycles. The molecule has 4 atom stereocenters. The van der Waals surface area contributed by atoms with E-state index in [0.717, 1.165) is 25.1 Å². The number of rotatable bonds is 9. The molecule has 210 valence electrons. The predicted molar refractivity (Wildman–Crippen MR) is 132 cm³/mol. The van der Waals surface area contributed by atoms with Crippen LogP contribution in [-0.4, -0.2) is 68.7 Å². The molecule has 2 aromatic rings. The molecule has 1 aliphatic rings. The van der Waals surface area contributed by atoms with Crippen LogP contribution in [-0.2, 0) is 0 Å². The summed E-state index contributed by atoms with van der Waals surface area (Å²) in [5.74, 6) is -1.66. The minimum atomic E-state index is -4.62. The lowest BCUT2D eigenvalue weighted by atomic mass is 10.1. The Bertz CT molecular complexity index is 1160. The monoisotopic (exact) mass is 563 g/mol. The van der Waals surface area contributed by atoms with E-state index in [1.54, 1.807) is 11.8 Å². The van der Waals surface area contributed by atoms with Crippen LogP contribution >= 0.6 is 11.3 Å². The van der Waals surface area contributed by atoms with Gasteiger partial charge in [-0.2, -0.15) is 13.2 Å². The predicted octanol–water partition coefficient (Wildman–Crippen LogP) is 5.02. The van der Waals surface area contributed by atoms with Gasteiger partial charge >= 0.3 is 6.18 Å². The zero-order chi connectivity index (χ0) is 28.4. The molecule has 14 heteroatoms. The van der Waals surface area contributed by atoms with Crippen LogP contribution in [0.2, 0.25) is 0 Å². The molecule has 0 bridgehead atoms. The number of aliphatic hydroxyl groups is 1. The van der Waals surface area contributed by atoms with Gasteiger partial charge in [-0.15, -0.1) is 11.3 Å². The highest BCUT2D eigenvalue weighted by atomic mass is 32.1. The van der Waals surface area contributed by atoms with E-state index in [1.807, 2.05) is 6.92 Å². The van der Waals surface area contributed by atoms with E-state index in [4.69, 9.17) is 0 Å². The molecular weight excluding hydrogens is 533 g/mol. The van der Waals surface area contributed by atoms with Crippen LogP contribution in [0.1, 0.15) is 79.2 Å². The molecule has 0 aliphatic carbocycles. The van der Waals surface area contributed by atoms with Crippen LogP contribution in [0.3, 0.4) is 0 Å². The molecule has 1 saturated heterocycles. The van der Waals surface area contributed by atoms with Gasteiger partial charge in [0.15, 0.2) is 5.01 Å². The lowest BCUT2D eigenvalue weighted by Gasteiger charge is -2.22. The minimum absolute atomic E-state index is 0.0406. The fraction of sp³-hybridized carbons (Fsp3) is 0.583. The first-order valence-electron chi connectivity index (χ1n) is 12.2. The first kappa shape index (κ1) is 29.7. The molecule has 8 nitrogen and oxygen atoms in total. The number of pyridine rings is 1. The third kappa shape index (κ3) is 6.57. The maximum atomic E-state index is 14.2. The van der Waals surface area contributed by atoms with Crippen LogP contribution in [0, 0.1) is 0 Å². The Labute approximate surface area is 220 Å². The number of aromatic nitrogens is 2. The molecule has 0 saturated carbocycles. The Morgan fingerprint density at radius 2 is 1.97 bits per heavy atom. The van der Waals surface area contributed by atoms with E-state index in [2.05, 4.69) is 20.6 Å². The Hall–Kier alpha value is -2.87. The number of thiazole rings is 1. The van der Waals surface area contributed by atoms with Crippen molar-refractivity contribution in [3.05, 3.63) is 28.5 Å². The Morgan fingerprint density at radius 1 is 1.29 bits per heavy atom. The largest absolute Gasteiger partial charge is 0.408 e. The van der Waals surface area contributed by atoms with Crippen LogP contribution < -0.4 is 10.6 Å². The van der Waals surface area contributed by atoms with Gasteiger partial charge in [-0.3, -0.25) is 9.59 Å². The number of nitrogens with zero attached hydrogens (tertiary/aromatic N) is 3. The Balaban J connectivity index is 2.09. The quantitative estimate of drug-likeness (QED) is 0.370. The number of nitrogens with one attached hydrogen (secondary N) is 2. The summed E-state index contributed by atoms with van der Waals surface area (Å²) in [6.07, 6.45) is -6.52. The van der Waals surface area contributed by atoms with Crippen LogP contribution in [0.15, 0.2) is 12.3 Å². The van der Waals surface area contributed by atoms with Crippen LogP contribution in [0.25, 0.3) is 10.4 Å². The summed E-state index contributed by atoms with van der Waals surface area (Å²) in [6.45, 7) is 6.60. The third-order valence-corrected chi connectivity index (χ3v) is 7.55. The van der Waals surface area contributed by atoms with Gasteiger partial charge in [-0.25, -0.2) is 18.7 Å². The number of hydrogen-bond donors (Lipinski definition) is 3. The fourth-order valence-corrected chi connectivity index (χ4v) is 5.01. The molecule has 0 radical (unpaired) electrons. The topological polar surface area (TPSA) is 107 Å². The summed E-state index contributed by atoms with van der Waals surface area (Å²) in [4.78, 5) is 35.8. The number of halogens is 5. The maximum Gasteiger partial charge on any atom is 0.408 e. The smallest absolute Gasteiger partial charge is 0.391 e. The highest BCUT2D eigenvalue weighted by Crippen LogP contribution is 2.39. The molecule has 3 unspecified atom stereocenters. The first-order chi connectivity index (χ1) is 17.7. The average molecular weight is 564 g/mol. The number of amides is 2. The van der Waals surface area contributed by atoms with Crippen molar-refractivity contribution >= 4 is 29.0 Å². The molecule has 38 heavy (non-hydrogen) atoms. The van der Waals surface area contributed by atoms with Crippen molar-refractivity contribution in [2.45, 2.75) is 83.8 Å².